The van der Waals surface area contributed by atoms with Crippen molar-refractivity contribution in [3.8, 4) is 36.2 Å². The van der Waals surface area contributed by atoms with Crippen LogP contribution in [0.5, 0.6) is 11.5 Å². The second-order valence-corrected chi connectivity index (χ2v) is 4.37. The second-order valence-electron chi connectivity index (χ2n) is 4.37. The molecule has 0 radical (unpaired) electrons. The van der Waals surface area contributed by atoms with E-state index in [4.69, 9.17) is 22.3 Å². The predicted octanol–water partition coefficient (Wildman–Crippen LogP) is 3.07. The molecule has 0 aliphatic carbocycles. The lowest BCUT2D eigenvalue weighted by atomic mass is 10.0. The quantitative estimate of drug-likeness (QED) is 0.623. The second kappa shape index (κ2) is 6.50. The molecule has 0 saturated carbocycles. The molecule has 2 aromatic carbocycles. The van der Waals surface area contributed by atoms with Gasteiger partial charge in [0.2, 0.25) is 0 Å². The molecule has 0 aliphatic heterocycles. The van der Waals surface area contributed by atoms with Crippen molar-refractivity contribution >= 4 is 16.6 Å². The number of terminal acetylenes is 2. The molecule has 0 spiro atoms. The summed E-state index contributed by atoms with van der Waals surface area (Å²) in [5.41, 5.74) is 0.492. The third-order valence-electron chi connectivity index (χ3n) is 2.94. The van der Waals surface area contributed by atoms with Crippen LogP contribution in [-0.2, 0) is 0 Å². The maximum atomic E-state index is 11.7. The van der Waals surface area contributed by atoms with E-state index < -0.39 is 0 Å². The normalized spacial score (nSPS) is 9.67. The van der Waals surface area contributed by atoms with Gasteiger partial charge in [0.25, 0.3) is 0 Å². The molecule has 104 valence electrons. The Hall–Kier alpha value is -2.91. The Kier molecular flexibility index (Phi) is 4.49. The van der Waals surface area contributed by atoms with E-state index in [9.17, 15) is 4.79 Å². The summed E-state index contributed by atoms with van der Waals surface area (Å²) in [5.74, 6) is 5.82. The molecule has 3 heteroatoms. The molecule has 3 nitrogen and oxygen atoms in total. The van der Waals surface area contributed by atoms with Gasteiger partial charge in [0.05, 0.1) is 5.56 Å². The average Bonchev–Trinajstić information content (AvgIpc) is 2.49. The van der Waals surface area contributed by atoms with Crippen molar-refractivity contribution in [3.63, 3.8) is 0 Å². The fraction of sp³-hybridized carbons (Fsp3) is 0.167. The smallest absolute Gasteiger partial charge is 0.163 e. The maximum Gasteiger partial charge on any atom is 0.163 e. The number of ketones is 1. The van der Waals surface area contributed by atoms with Crippen molar-refractivity contribution in [1.82, 2.24) is 0 Å². The van der Waals surface area contributed by atoms with Crippen LogP contribution in [-0.4, -0.2) is 19.0 Å². The van der Waals surface area contributed by atoms with Gasteiger partial charge in [-0.2, -0.15) is 0 Å². The first-order chi connectivity index (χ1) is 10.2. The average molecular weight is 278 g/mol. The number of carbonyl (C=O) groups excluding carboxylic acids is 1. The highest BCUT2D eigenvalue weighted by Crippen LogP contribution is 2.32. The molecule has 0 atom stereocenters. The van der Waals surface area contributed by atoms with Crippen molar-refractivity contribution in [2.75, 3.05) is 13.2 Å². The number of rotatable bonds is 5. The lowest BCUT2D eigenvalue weighted by Gasteiger charge is -2.12. The number of carbonyl (C=O) groups is 1. The maximum absolute atomic E-state index is 11.7. The van der Waals surface area contributed by atoms with E-state index >= 15 is 0 Å². The van der Waals surface area contributed by atoms with E-state index in [1.54, 1.807) is 12.1 Å². The van der Waals surface area contributed by atoms with Gasteiger partial charge < -0.3 is 9.47 Å². The first-order valence-electron chi connectivity index (χ1n) is 6.37. The summed E-state index contributed by atoms with van der Waals surface area (Å²) >= 11 is 0. The minimum absolute atomic E-state index is 0.0844. The molecule has 0 saturated heterocycles. The molecule has 0 N–H and O–H groups in total. The third kappa shape index (κ3) is 3.16. The highest BCUT2D eigenvalue weighted by Gasteiger charge is 2.12. The highest BCUT2D eigenvalue weighted by molar-refractivity contribution is 6.02. The summed E-state index contributed by atoms with van der Waals surface area (Å²) in [6.45, 7) is 1.76. The van der Waals surface area contributed by atoms with E-state index in [1.807, 2.05) is 18.2 Å². The minimum Gasteiger partial charge on any atom is -0.480 e. The van der Waals surface area contributed by atoms with Crippen molar-refractivity contribution in [3.05, 3.63) is 35.9 Å². The van der Waals surface area contributed by atoms with Gasteiger partial charge in [-0.15, -0.1) is 12.8 Å². The Morgan fingerprint density at radius 2 is 1.76 bits per heavy atom. The number of fused-ring (bicyclic) bond motifs is 1. The number of Topliss-reactive ketones (excluding diaryl/α,β-unsaturated/α-hetero) is 1. The van der Waals surface area contributed by atoms with Gasteiger partial charge in [-0.25, -0.2) is 0 Å². The standard InChI is InChI=1S/C18H14O3/c1-4-9-20-17-8-6-7-14-11-15(13(3)19)18(12-16(14)17)21-10-5-2/h1-2,6-8,11-12H,9-10H2,3H3. The van der Waals surface area contributed by atoms with Crippen molar-refractivity contribution in [2.24, 2.45) is 0 Å². The fourth-order valence-electron chi connectivity index (χ4n) is 2.04. The fourth-order valence-corrected chi connectivity index (χ4v) is 2.04. The monoisotopic (exact) mass is 278 g/mol. The lowest BCUT2D eigenvalue weighted by molar-refractivity contribution is 0.101. The van der Waals surface area contributed by atoms with Crippen LogP contribution < -0.4 is 9.47 Å². The molecule has 0 fully saturated rings. The van der Waals surface area contributed by atoms with E-state index in [2.05, 4.69) is 11.8 Å². The number of hydrogen-bond acceptors (Lipinski definition) is 3. The topological polar surface area (TPSA) is 35.5 Å². The lowest BCUT2D eigenvalue weighted by Crippen LogP contribution is -2.02. The molecular weight excluding hydrogens is 264 g/mol. The van der Waals surface area contributed by atoms with E-state index in [-0.39, 0.29) is 19.0 Å². The van der Waals surface area contributed by atoms with Gasteiger partial charge >= 0.3 is 0 Å². The number of benzene rings is 2. The van der Waals surface area contributed by atoms with Crippen molar-refractivity contribution < 1.29 is 14.3 Å². The van der Waals surface area contributed by atoms with E-state index in [1.165, 1.54) is 6.92 Å². The Morgan fingerprint density at radius 1 is 1.10 bits per heavy atom. The summed E-state index contributed by atoms with van der Waals surface area (Å²) in [5, 5.41) is 1.70. The van der Waals surface area contributed by atoms with E-state index in [0.717, 1.165) is 10.8 Å². The zero-order valence-electron chi connectivity index (χ0n) is 11.7. The first-order valence-corrected chi connectivity index (χ1v) is 6.37. The summed E-state index contributed by atoms with van der Waals surface area (Å²) in [4.78, 5) is 11.7. The summed E-state index contributed by atoms with van der Waals surface area (Å²) < 4.78 is 11.0. The van der Waals surface area contributed by atoms with Crippen molar-refractivity contribution in [2.45, 2.75) is 6.92 Å². The number of hydrogen-bond donors (Lipinski definition) is 0. The van der Waals surface area contributed by atoms with Crippen LogP contribution in [0.1, 0.15) is 17.3 Å². The van der Waals surface area contributed by atoms with Crippen LogP contribution in [0.3, 0.4) is 0 Å². The SMILES string of the molecule is C#CCOc1cc2c(OCC#C)cccc2cc1C(C)=O. The molecule has 2 rings (SSSR count). The van der Waals surface area contributed by atoms with Crippen LogP contribution in [0, 0.1) is 24.7 Å². The summed E-state index contributed by atoms with van der Waals surface area (Å²) in [6, 6.07) is 9.09. The Balaban J connectivity index is 2.59. The highest BCUT2D eigenvalue weighted by atomic mass is 16.5. The minimum atomic E-state index is -0.0844. The Labute approximate surface area is 123 Å². The molecule has 21 heavy (non-hydrogen) atoms. The molecule has 0 heterocycles. The molecular formula is C18H14O3. The molecule has 0 amide bonds. The first kappa shape index (κ1) is 14.5. The molecule has 0 unspecified atom stereocenters. The zero-order chi connectivity index (χ0) is 15.2. The van der Waals surface area contributed by atoms with Gasteiger partial charge in [-0.1, -0.05) is 24.0 Å². The van der Waals surface area contributed by atoms with Gasteiger partial charge in [-0.05, 0) is 30.5 Å². The van der Waals surface area contributed by atoms with Crippen LogP contribution >= 0.6 is 0 Å². The zero-order valence-corrected chi connectivity index (χ0v) is 11.7. The van der Waals surface area contributed by atoms with Crippen LogP contribution in [0.2, 0.25) is 0 Å². The van der Waals surface area contributed by atoms with Crippen LogP contribution in [0.25, 0.3) is 10.8 Å². The number of ether oxygens (including phenoxy) is 2. The Morgan fingerprint density at radius 3 is 2.38 bits per heavy atom. The predicted molar refractivity (Wildman–Crippen MR) is 82.6 cm³/mol. The molecule has 0 aliphatic rings. The van der Waals surface area contributed by atoms with E-state index in [0.29, 0.717) is 17.1 Å². The molecule has 0 bridgehead atoms. The summed E-state index contributed by atoms with van der Waals surface area (Å²) in [6.07, 6.45) is 10.4. The van der Waals surface area contributed by atoms with Gasteiger partial charge in [-0.3, -0.25) is 4.79 Å². The van der Waals surface area contributed by atoms with Gasteiger partial charge in [0, 0.05) is 5.39 Å². The van der Waals surface area contributed by atoms with Crippen molar-refractivity contribution in [1.29, 1.82) is 0 Å². The molecule has 2 aromatic rings. The molecule has 0 aromatic heterocycles. The van der Waals surface area contributed by atoms with Crippen LogP contribution in [0.15, 0.2) is 30.3 Å². The van der Waals surface area contributed by atoms with Gasteiger partial charge in [0.1, 0.15) is 24.7 Å². The van der Waals surface area contributed by atoms with Crippen LogP contribution in [0.4, 0.5) is 0 Å². The Bertz CT molecular complexity index is 760. The largest absolute Gasteiger partial charge is 0.480 e. The van der Waals surface area contributed by atoms with Gasteiger partial charge in [0.15, 0.2) is 5.78 Å². The summed E-state index contributed by atoms with van der Waals surface area (Å²) in [7, 11) is 0. The third-order valence-corrected chi connectivity index (χ3v) is 2.94.